The predicted octanol–water partition coefficient (Wildman–Crippen LogP) is 4.01. The third-order valence-corrected chi connectivity index (χ3v) is 4.92. The maximum Gasteiger partial charge on any atom is 0.234 e. The van der Waals surface area contributed by atoms with E-state index in [0.29, 0.717) is 13.1 Å². The average molecular weight is 393 g/mol. The summed E-state index contributed by atoms with van der Waals surface area (Å²) in [4.78, 5) is 13.1. The molecule has 0 bridgehead atoms. The van der Waals surface area contributed by atoms with Crippen molar-refractivity contribution in [2.75, 3.05) is 18.8 Å². The molecule has 0 saturated heterocycles. The first kappa shape index (κ1) is 18.0. The lowest BCUT2D eigenvalue weighted by Gasteiger charge is -2.14. The second-order valence-corrected chi connectivity index (χ2v) is 7.25. The average Bonchev–Trinajstić information content (AvgIpc) is 2.59. The highest BCUT2D eigenvalue weighted by Gasteiger charge is 2.06. The van der Waals surface area contributed by atoms with Crippen molar-refractivity contribution in [2.45, 2.75) is 17.9 Å². The monoisotopic (exact) mass is 392 g/mol. The summed E-state index contributed by atoms with van der Waals surface area (Å²) in [5, 5.41) is 6.18. The standard InChI is InChI=1S/C18H21BrN2OS/c1-14(15-5-3-2-4-6-15)21-13-18(22)20-11-12-23-17-9-7-16(19)8-10-17/h2-10,14,21H,11-13H2,1H3,(H,20,22)/t14-/m1/s1. The van der Waals surface area contributed by atoms with Gasteiger partial charge >= 0.3 is 0 Å². The number of carbonyl (C=O) groups excluding carboxylic acids is 1. The molecule has 2 aromatic rings. The van der Waals surface area contributed by atoms with Gasteiger partial charge in [-0.2, -0.15) is 0 Å². The molecule has 0 aliphatic heterocycles. The van der Waals surface area contributed by atoms with E-state index in [1.54, 1.807) is 11.8 Å². The van der Waals surface area contributed by atoms with Gasteiger partial charge in [0.2, 0.25) is 5.91 Å². The molecule has 1 atom stereocenters. The van der Waals surface area contributed by atoms with Crippen molar-refractivity contribution in [3.63, 3.8) is 0 Å². The van der Waals surface area contributed by atoms with Crippen molar-refractivity contribution < 1.29 is 4.79 Å². The van der Waals surface area contributed by atoms with Crippen LogP contribution in [0, 0.1) is 0 Å². The fourth-order valence-electron chi connectivity index (χ4n) is 2.06. The highest BCUT2D eigenvalue weighted by atomic mass is 79.9. The third kappa shape index (κ3) is 6.77. The van der Waals surface area contributed by atoms with Gasteiger partial charge in [-0.3, -0.25) is 4.79 Å². The number of thioether (sulfide) groups is 1. The topological polar surface area (TPSA) is 41.1 Å². The van der Waals surface area contributed by atoms with Gasteiger partial charge in [-0.15, -0.1) is 11.8 Å². The van der Waals surface area contributed by atoms with Gasteiger partial charge in [0.05, 0.1) is 6.54 Å². The van der Waals surface area contributed by atoms with Crippen LogP contribution < -0.4 is 10.6 Å². The normalized spacial score (nSPS) is 11.9. The predicted molar refractivity (Wildman–Crippen MR) is 101 cm³/mol. The summed E-state index contributed by atoms with van der Waals surface area (Å²) in [6, 6.07) is 18.5. The van der Waals surface area contributed by atoms with E-state index in [1.807, 2.05) is 30.3 Å². The van der Waals surface area contributed by atoms with Gasteiger partial charge in [-0.05, 0) is 36.8 Å². The molecule has 0 aromatic heterocycles. The van der Waals surface area contributed by atoms with Crippen LogP contribution >= 0.6 is 27.7 Å². The largest absolute Gasteiger partial charge is 0.354 e. The summed E-state index contributed by atoms with van der Waals surface area (Å²) in [5.74, 6) is 0.894. The van der Waals surface area contributed by atoms with Crippen LogP contribution in [0.3, 0.4) is 0 Å². The van der Waals surface area contributed by atoms with Crippen molar-refractivity contribution in [2.24, 2.45) is 0 Å². The second kappa shape index (κ2) is 9.75. The molecule has 0 saturated carbocycles. The van der Waals surface area contributed by atoms with Gasteiger partial charge in [0.25, 0.3) is 0 Å². The minimum atomic E-state index is 0.0317. The van der Waals surface area contributed by atoms with Crippen LogP contribution in [0.15, 0.2) is 64.0 Å². The molecule has 0 radical (unpaired) electrons. The molecule has 0 spiro atoms. The Morgan fingerprint density at radius 3 is 2.52 bits per heavy atom. The lowest BCUT2D eigenvalue weighted by atomic mass is 10.1. The number of hydrogen-bond donors (Lipinski definition) is 2. The molecule has 0 unspecified atom stereocenters. The molecule has 0 aliphatic rings. The van der Waals surface area contributed by atoms with E-state index in [4.69, 9.17) is 0 Å². The maximum absolute atomic E-state index is 11.8. The van der Waals surface area contributed by atoms with Crippen molar-refractivity contribution in [1.29, 1.82) is 0 Å². The summed E-state index contributed by atoms with van der Waals surface area (Å²) in [6.07, 6.45) is 0. The summed E-state index contributed by atoms with van der Waals surface area (Å²) in [7, 11) is 0. The van der Waals surface area contributed by atoms with E-state index >= 15 is 0 Å². The Bertz CT molecular complexity index is 604. The van der Waals surface area contributed by atoms with Crippen LogP contribution in [0.5, 0.6) is 0 Å². The number of carbonyl (C=O) groups is 1. The van der Waals surface area contributed by atoms with Crippen LogP contribution in [0.2, 0.25) is 0 Å². The second-order valence-electron chi connectivity index (χ2n) is 5.17. The Morgan fingerprint density at radius 2 is 1.83 bits per heavy atom. The minimum absolute atomic E-state index is 0.0317. The van der Waals surface area contributed by atoms with Gasteiger partial charge in [0.15, 0.2) is 0 Å². The number of rotatable bonds is 8. The molecule has 2 rings (SSSR count). The van der Waals surface area contributed by atoms with Crippen molar-refractivity contribution in [3.8, 4) is 0 Å². The number of nitrogens with one attached hydrogen (secondary N) is 2. The van der Waals surface area contributed by atoms with Gasteiger partial charge < -0.3 is 10.6 Å². The lowest BCUT2D eigenvalue weighted by molar-refractivity contribution is -0.120. The minimum Gasteiger partial charge on any atom is -0.354 e. The van der Waals surface area contributed by atoms with Gasteiger partial charge in [0.1, 0.15) is 0 Å². The molecule has 0 fully saturated rings. The molecule has 5 heteroatoms. The van der Waals surface area contributed by atoms with Crippen LogP contribution in [-0.4, -0.2) is 24.7 Å². The van der Waals surface area contributed by atoms with E-state index in [0.717, 1.165) is 10.2 Å². The van der Waals surface area contributed by atoms with Crippen molar-refractivity contribution in [3.05, 3.63) is 64.6 Å². The van der Waals surface area contributed by atoms with Gasteiger partial charge in [0, 0.05) is 27.7 Å². The summed E-state index contributed by atoms with van der Waals surface area (Å²) >= 11 is 5.16. The van der Waals surface area contributed by atoms with Crippen LogP contribution in [-0.2, 0) is 4.79 Å². The quantitative estimate of drug-likeness (QED) is 0.526. The van der Waals surface area contributed by atoms with E-state index in [-0.39, 0.29) is 11.9 Å². The highest BCUT2D eigenvalue weighted by Crippen LogP contribution is 2.19. The molecule has 2 aromatic carbocycles. The Morgan fingerprint density at radius 1 is 1.13 bits per heavy atom. The molecule has 23 heavy (non-hydrogen) atoms. The number of benzene rings is 2. The van der Waals surface area contributed by atoms with Crippen LogP contribution in [0.1, 0.15) is 18.5 Å². The summed E-state index contributed by atoms with van der Waals surface area (Å²) < 4.78 is 1.08. The SMILES string of the molecule is C[C@@H](NCC(=O)NCCSc1ccc(Br)cc1)c1ccccc1. The Labute approximate surface area is 150 Å². The van der Waals surface area contributed by atoms with Crippen LogP contribution in [0.4, 0.5) is 0 Å². The molecule has 0 heterocycles. The first-order chi connectivity index (χ1) is 11.1. The molecule has 122 valence electrons. The molecule has 3 nitrogen and oxygen atoms in total. The van der Waals surface area contributed by atoms with Crippen molar-refractivity contribution >= 4 is 33.6 Å². The Balaban J connectivity index is 1.61. The Kier molecular flexibility index (Phi) is 7.65. The van der Waals surface area contributed by atoms with E-state index in [9.17, 15) is 4.79 Å². The summed E-state index contributed by atoms with van der Waals surface area (Å²) in [6.45, 7) is 3.06. The molecular formula is C18H21BrN2OS. The van der Waals surface area contributed by atoms with Gasteiger partial charge in [-0.1, -0.05) is 46.3 Å². The van der Waals surface area contributed by atoms with E-state index in [2.05, 4.69) is 57.8 Å². The number of amides is 1. The number of halogens is 1. The smallest absolute Gasteiger partial charge is 0.234 e. The summed E-state index contributed by atoms with van der Waals surface area (Å²) in [5.41, 5.74) is 1.19. The molecule has 1 amide bonds. The fraction of sp³-hybridized carbons (Fsp3) is 0.278. The highest BCUT2D eigenvalue weighted by molar-refractivity contribution is 9.10. The van der Waals surface area contributed by atoms with Crippen LogP contribution in [0.25, 0.3) is 0 Å². The van der Waals surface area contributed by atoms with Gasteiger partial charge in [-0.25, -0.2) is 0 Å². The van der Waals surface area contributed by atoms with E-state index < -0.39 is 0 Å². The lowest BCUT2D eigenvalue weighted by Crippen LogP contribution is -2.36. The zero-order chi connectivity index (χ0) is 16.5. The fourth-order valence-corrected chi connectivity index (χ4v) is 3.09. The maximum atomic E-state index is 11.8. The first-order valence-electron chi connectivity index (χ1n) is 7.58. The third-order valence-electron chi connectivity index (χ3n) is 3.37. The van der Waals surface area contributed by atoms with Crippen molar-refractivity contribution in [1.82, 2.24) is 10.6 Å². The van der Waals surface area contributed by atoms with E-state index in [1.165, 1.54) is 10.5 Å². The first-order valence-corrected chi connectivity index (χ1v) is 9.36. The number of hydrogen-bond acceptors (Lipinski definition) is 3. The Hall–Kier alpha value is -1.30. The molecular weight excluding hydrogens is 372 g/mol. The molecule has 0 aliphatic carbocycles. The molecule has 2 N–H and O–H groups in total. The zero-order valence-corrected chi connectivity index (χ0v) is 15.5. The zero-order valence-electron chi connectivity index (χ0n) is 13.1.